The molecule has 0 saturated carbocycles. The molecule has 6 heteroatoms. The zero-order valence-electron chi connectivity index (χ0n) is 16.4. The molecule has 0 spiro atoms. The number of thiazole rings is 1. The summed E-state index contributed by atoms with van der Waals surface area (Å²) < 4.78 is 2.89. The molecule has 142 valence electrons. The van der Waals surface area contributed by atoms with Crippen molar-refractivity contribution in [2.75, 3.05) is 0 Å². The molecule has 0 atom stereocenters. The predicted molar refractivity (Wildman–Crippen MR) is 113 cm³/mol. The zero-order valence-corrected chi connectivity index (χ0v) is 17.2. The highest BCUT2D eigenvalue weighted by Crippen LogP contribution is 2.30. The third kappa shape index (κ3) is 3.60. The Morgan fingerprint density at radius 2 is 2.00 bits per heavy atom. The molecule has 0 fully saturated rings. The van der Waals surface area contributed by atoms with E-state index in [2.05, 4.69) is 30.9 Å². The van der Waals surface area contributed by atoms with Crippen LogP contribution in [0.5, 0.6) is 0 Å². The highest BCUT2D eigenvalue weighted by atomic mass is 32.1. The van der Waals surface area contributed by atoms with E-state index in [1.165, 1.54) is 0 Å². The lowest BCUT2D eigenvalue weighted by atomic mass is 10.0. The minimum Gasteiger partial charge on any atom is -0.292 e. The average Bonchev–Trinajstić information content (AvgIpc) is 3.25. The third-order valence-electron chi connectivity index (χ3n) is 4.48. The number of carbonyl (C=O) groups excluding carboxylic acids is 1. The van der Waals surface area contributed by atoms with Gasteiger partial charge in [-0.3, -0.25) is 14.5 Å². The molecule has 1 aromatic carbocycles. The number of aromatic nitrogens is 4. The van der Waals surface area contributed by atoms with Crippen LogP contribution < -0.4 is 0 Å². The van der Waals surface area contributed by atoms with Gasteiger partial charge >= 0.3 is 0 Å². The first-order valence-electron chi connectivity index (χ1n) is 9.21. The second kappa shape index (κ2) is 6.95. The van der Waals surface area contributed by atoms with E-state index in [1.54, 1.807) is 17.5 Å². The summed E-state index contributed by atoms with van der Waals surface area (Å²) in [5.41, 5.74) is 4.21. The highest BCUT2D eigenvalue weighted by molar-refractivity contribution is 7.21. The molecule has 4 rings (SSSR count). The van der Waals surface area contributed by atoms with E-state index in [1.807, 2.05) is 54.2 Å². The van der Waals surface area contributed by atoms with Crippen LogP contribution in [0.3, 0.4) is 0 Å². The van der Waals surface area contributed by atoms with Crippen molar-refractivity contribution in [3.8, 4) is 10.6 Å². The SMILES string of the molecule is Cc1cc(C(=O)Cc2cccc(-c3nc4ccncc4s3)c2)n(C(C)(C)C)n1. The van der Waals surface area contributed by atoms with E-state index in [-0.39, 0.29) is 11.3 Å². The summed E-state index contributed by atoms with van der Waals surface area (Å²) in [7, 11) is 0. The Labute approximate surface area is 168 Å². The van der Waals surface area contributed by atoms with Gasteiger partial charge < -0.3 is 0 Å². The Balaban J connectivity index is 1.63. The van der Waals surface area contributed by atoms with Crippen molar-refractivity contribution in [3.63, 3.8) is 0 Å². The van der Waals surface area contributed by atoms with Crippen LogP contribution in [0.2, 0.25) is 0 Å². The second-order valence-electron chi connectivity index (χ2n) is 7.92. The summed E-state index contributed by atoms with van der Waals surface area (Å²) in [5.74, 6) is 0.0705. The molecule has 0 amide bonds. The summed E-state index contributed by atoms with van der Waals surface area (Å²) in [4.78, 5) is 21.8. The molecule has 0 radical (unpaired) electrons. The second-order valence-corrected chi connectivity index (χ2v) is 8.95. The van der Waals surface area contributed by atoms with E-state index in [0.717, 1.165) is 32.0 Å². The van der Waals surface area contributed by atoms with Crippen LogP contribution in [0.15, 0.2) is 48.8 Å². The maximum atomic E-state index is 13.0. The number of pyridine rings is 1. The van der Waals surface area contributed by atoms with Crippen LogP contribution in [0.4, 0.5) is 0 Å². The standard InChI is InChI=1S/C22H22N4OS/c1-14-10-18(26(25-14)22(2,3)4)19(27)12-15-6-5-7-16(11-15)21-24-17-8-9-23-13-20(17)28-21/h5-11,13H,12H2,1-4H3. The molecule has 28 heavy (non-hydrogen) atoms. The minimum absolute atomic E-state index is 0.0705. The van der Waals surface area contributed by atoms with Crippen molar-refractivity contribution in [2.45, 2.75) is 39.7 Å². The number of fused-ring (bicyclic) bond motifs is 1. The number of nitrogens with zero attached hydrogens (tertiary/aromatic N) is 4. The number of carbonyl (C=O) groups is 1. The fraction of sp³-hybridized carbons (Fsp3) is 0.273. The van der Waals surface area contributed by atoms with Crippen molar-refractivity contribution in [2.24, 2.45) is 0 Å². The Kier molecular flexibility index (Phi) is 4.59. The Morgan fingerprint density at radius 3 is 2.75 bits per heavy atom. The first kappa shape index (κ1) is 18.5. The zero-order chi connectivity index (χ0) is 19.9. The topological polar surface area (TPSA) is 60.7 Å². The fourth-order valence-electron chi connectivity index (χ4n) is 3.20. The number of aryl methyl sites for hydroxylation is 1. The molecule has 0 aliphatic rings. The number of ketones is 1. The van der Waals surface area contributed by atoms with Gasteiger partial charge in [0.2, 0.25) is 0 Å². The molecular weight excluding hydrogens is 368 g/mol. The van der Waals surface area contributed by atoms with Crippen molar-refractivity contribution in [3.05, 3.63) is 65.7 Å². The van der Waals surface area contributed by atoms with Gasteiger partial charge in [-0.05, 0) is 51.5 Å². The van der Waals surface area contributed by atoms with E-state index in [4.69, 9.17) is 4.98 Å². The van der Waals surface area contributed by atoms with Gasteiger partial charge in [-0.25, -0.2) is 4.98 Å². The number of benzene rings is 1. The smallest absolute Gasteiger partial charge is 0.185 e. The van der Waals surface area contributed by atoms with Gasteiger partial charge in [-0.15, -0.1) is 11.3 Å². The Bertz CT molecular complexity index is 1130. The monoisotopic (exact) mass is 390 g/mol. The van der Waals surface area contributed by atoms with Gasteiger partial charge in [0, 0.05) is 24.4 Å². The van der Waals surface area contributed by atoms with E-state index in [9.17, 15) is 4.79 Å². The van der Waals surface area contributed by atoms with Gasteiger partial charge in [-0.1, -0.05) is 18.2 Å². The van der Waals surface area contributed by atoms with Crippen LogP contribution in [-0.4, -0.2) is 25.5 Å². The third-order valence-corrected chi connectivity index (χ3v) is 5.54. The summed E-state index contributed by atoms with van der Waals surface area (Å²) >= 11 is 1.61. The average molecular weight is 391 g/mol. The molecule has 0 saturated heterocycles. The van der Waals surface area contributed by atoms with Crippen LogP contribution >= 0.6 is 11.3 Å². The van der Waals surface area contributed by atoms with E-state index in [0.29, 0.717) is 12.1 Å². The lowest BCUT2D eigenvalue weighted by molar-refractivity contribution is 0.0975. The first-order chi connectivity index (χ1) is 13.3. The van der Waals surface area contributed by atoms with Gasteiger partial charge in [-0.2, -0.15) is 5.10 Å². The maximum Gasteiger partial charge on any atom is 0.185 e. The number of hydrogen-bond donors (Lipinski definition) is 0. The highest BCUT2D eigenvalue weighted by Gasteiger charge is 2.23. The fourth-order valence-corrected chi connectivity index (χ4v) is 4.13. The van der Waals surface area contributed by atoms with Gasteiger partial charge in [0.15, 0.2) is 5.78 Å². The number of hydrogen-bond acceptors (Lipinski definition) is 5. The van der Waals surface area contributed by atoms with Crippen LogP contribution in [-0.2, 0) is 12.0 Å². The molecule has 0 aliphatic heterocycles. The van der Waals surface area contributed by atoms with Gasteiger partial charge in [0.25, 0.3) is 0 Å². The van der Waals surface area contributed by atoms with E-state index >= 15 is 0 Å². The van der Waals surface area contributed by atoms with Crippen molar-refractivity contribution in [1.82, 2.24) is 19.7 Å². The lowest BCUT2D eigenvalue weighted by Crippen LogP contribution is -2.27. The molecule has 0 N–H and O–H groups in total. The van der Waals surface area contributed by atoms with Gasteiger partial charge in [0.05, 0.1) is 21.4 Å². The number of rotatable bonds is 4. The molecule has 3 aromatic heterocycles. The van der Waals surface area contributed by atoms with Crippen molar-refractivity contribution in [1.29, 1.82) is 0 Å². The molecule has 0 bridgehead atoms. The maximum absolute atomic E-state index is 13.0. The summed E-state index contributed by atoms with van der Waals surface area (Å²) in [6.07, 6.45) is 3.92. The predicted octanol–water partition coefficient (Wildman–Crippen LogP) is 5.04. The lowest BCUT2D eigenvalue weighted by Gasteiger charge is -2.22. The molecule has 5 nitrogen and oxygen atoms in total. The van der Waals surface area contributed by atoms with Crippen LogP contribution in [0.25, 0.3) is 20.8 Å². The summed E-state index contributed by atoms with van der Waals surface area (Å²) in [6.45, 7) is 8.08. The molecule has 3 heterocycles. The molecule has 4 aromatic rings. The molecule has 0 aliphatic carbocycles. The van der Waals surface area contributed by atoms with E-state index < -0.39 is 0 Å². The Hall–Kier alpha value is -2.86. The normalized spacial score (nSPS) is 11.9. The summed E-state index contributed by atoms with van der Waals surface area (Å²) in [5, 5.41) is 5.45. The molecular formula is C22H22N4OS. The Morgan fingerprint density at radius 1 is 1.18 bits per heavy atom. The first-order valence-corrected chi connectivity index (χ1v) is 10.0. The quantitative estimate of drug-likeness (QED) is 0.458. The minimum atomic E-state index is -0.240. The molecule has 0 unspecified atom stereocenters. The van der Waals surface area contributed by atoms with Crippen molar-refractivity contribution >= 4 is 27.3 Å². The van der Waals surface area contributed by atoms with Crippen LogP contribution in [0, 0.1) is 6.92 Å². The van der Waals surface area contributed by atoms with Crippen molar-refractivity contribution < 1.29 is 4.79 Å². The summed E-state index contributed by atoms with van der Waals surface area (Å²) in [6, 6.07) is 11.8. The largest absolute Gasteiger partial charge is 0.292 e. The van der Waals surface area contributed by atoms with Crippen LogP contribution in [0.1, 0.15) is 42.5 Å². The number of Topliss-reactive ketones (excluding diaryl/α,β-unsaturated/α-hetero) is 1. The van der Waals surface area contributed by atoms with Gasteiger partial charge in [0.1, 0.15) is 10.7 Å².